The van der Waals surface area contributed by atoms with E-state index in [1.165, 1.54) is 6.07 Å². The Morgan fingerprint density at radius 2 is 1.92 bits per heavy atom. The minimum atomic E-state index is -1.10. The third-order valence-electron chi connectivity index (χ3n) is 2.45. The molecule has 0 saturated heterocycles. The topological polar surface area (TPSA) is 128 Å². The number of nitrogens with one attached hydrogen (secondary N) is 2. The van der Waals surface area contributed by atoms with Gasteiger partial charge in [0.1, 0.15) is 5.56 Å². The Hall–Kier alpha value is -2.68. The standard InChI is InChI=1S/C14H16ClN3O6/c1-14(2,3)17-13(21)16-11(19)7-24-12(20)9-6-8(15)4-5-10(9)18(22)23/h4-6H,7H2,1-3H3,(H2,16,17,19,21). The Balaban J connectivity index is 2.67. The molecule has 0 aliphatic carbocycles. The molecular weight excluding hydrogens is 342 g/mol. The van der Waals surface area contributed by atoms with Gasteiger partial charge in [0.25, 0.3) is 11.6 Å². The van der Waals surface area contributed by atoms with Gasteiger partial charge in [-0.05, 0) is 32.9 Å². The molecule has 0 spiro atoms. The summed E-state index contributed by atoms with van der Waals surface area (Å²) in [5.41, 5.74) is -1.45. The number of nitrogens with zero attached hydrogens (tertiary/aromatic N) is 1. The number of amides is 3. The SMILES string of the molecule is CC(C)(C)NC(=O)NC(=O)COC(=O)c1cc(Cl)ccc1[N+](=O)[O-]. The van der Waals surface area contributed by atoms with Crippen LogP contribution in [0.3, 0.4) is 0 Å². The Morgan fingerprint density at radius 1 is 1.29 bits per heavy atom. The van der Waals surface area contributed by atoms with E-state index in [4.69, 9.17) is 11.6 Å². The van der Waals surface area contributed by atoms with Crippen molar-refractivity contribution in [3.8, 4) is 0 Å². The number of rotatable bonds is 4. The molecule has 9 nitrogen and oxygen atoms in total. The summed E-state index contributed by atoms with van der Waals surface area (Å²) in [6.07, 6.45) is 0. The fourth-order valence-electron chi connectivity index (χ4n) is 1.57. The third-order valence-corrected chi connectivity index (χ3v) is 2.69. The molecule has 1 rings (SSSR count). The van der Waals surface area contributed by atoms with Gasteiger partial charge in [-0.1, -0.05) is 11.6 Å². The number of ether oxygens (including phenoxy) is 1. The molecule has 1 aromatic rings. The van der Waals surface area contributed by atoms with Crippen LogP contribution in [0.1, 0.15) is 31.1 Å². The normalized spacial score (nSPS) is 10.7. The van der Waals surface area contributed by atoms with Gasteiger partial charge >= 0.3 is 12.0 Å². The van der Waals surface area contributed by atoms with Crippen LogP contribution in [0.15, 0.2) is 18.2 Å². The van der Waals surface area contributed by atoms with E-state index in [-0.39, 0.29) is 10.6 Å². The number of carbonyl (C=O) groups is 3. The molecule has 130 valence electrons. The van der Waals surface area contributed by atoms with E-state index < -0.39 is 40.7 Å². The quantitative estimate of drug-likeness (QED) is 0.482. The summed E-state index contributed by atoms with van der Waals surface area (Å²) in [5, 5.41) is 15.4. The van der Waals surface area contributed by atoms with Gasteiger partial charge in [-0.3, -0.25) is 20.2 Å². The van der Waals surface area contributed by atoms with Gasteiger partial charge in [-0.25, -0.2) is 9.59 Å². The monoisotopic (exact) mass is 357 g/mol. The van der Waals surface area contributed by atoms with Crippen LogP contribution in [0.25, 0.3) is 0 Å². The first-order chi connectivity index (χ1) is 11.0. The first-order valence-electron chi connectivity index (χ1n) is 6.72. The van der Waals surface area contributed by atoms with Crippen LogP contribution in [0.4, 0.5) is 10.5 Å². The van der Waals surface area contributed by atoms with E-state index in [1.807, 2.05) is 5.32 Å². The number of hydrogen-bond donors (Lipinski definition) is 2. The minimum absolute atomic E-state index is 0.0987. The fraction of sp³-hybridized carbons (Fsp3) is 0.357. The van der Waals surface area contributed by atoms with Crippen molar-refractivity contribution in [1.82, 2.24) is 10.6 Å². The predicted octanol–water partition coefficient (Wildman–Crippen LogP) is 2.03. The lowest BCUT2D eigenvalue weighted by atomic mass is 10.1. The van der Waals surface area contributed by atoms with Gasteiger partial charge in [0.2, 0.25) is 0 Å². The molecule has 0 unspecified atom stereocenters. The van der Waals surface area contributed by atoms with Crippen LogP contribution < -0.4 is 10.6 Å². The lowest BCUT2D eigenvalue weighted by Gasteiger charge is -2.20. The van der Waals surface area contributed by atoms with Crippen molar-refractivity contribution >= 4 is 35.2 Å². The van der Waals surface area contributed by atoms with Crippen molar-refractivity contribution in [3.05, 3.63) is 38.9 Å². The van der Waals surface area contributed by atoms with Gasteiger partial charge in [-0.2, -0.15) is 0 Å². The maximum atomic E-state index is 11.9. The summed E-state index contributed by atoms with van der Waals surface area (Å²) in [5.74, 6) is -1.98. The van der Waals surface area contributed by atoms with Gasteiger partial charge < -0.3 is 10.1 Å². The number of imide groups is 1. The average molecular weight is 358 g/mol. The van der Waals surface area contributed by atoms with Crippen molar-refractivity contribution in [2.24, 2.45) is 0 Å². The Kier molecular flexibility index (Phi) is 6.24. The molecule has 0 heterocycles. The highest BCUT2D eigenvalue weighted by atomic mass is 35.5. The highest BCUT2D eigenvalue weighted by Gasteiger charge is 2.23. The van der Waals surface area contributed by atoms with Gasteiger partial charge in [0, 0.05) is 16.6 Å². The number of halogens is 1. The fourth-order valence-corrected chi connectivity index (χ4v) is 1.75. The molecule has 24 heavy (non-hydrogen) atoms. The second-order valence-electron chi connectivity index (χ2n) is 5.75. The van der Waals surface area contributed by atoms with Crippen LogP contribution in [0, 0.1) is 10.1 Å². The Morgan fingerprint density at radius 3 is 2.46 bits per heavy atom. The van der Waals surface area contributed by atoms with Crippen molar-refractivity contribution < 1.29 is 24.0 Å². The van der Waals surface area contributed by atoms with E-state index in [0.29, 0.717) is 0 Å². The summed E-state index contributed by atoms with van der Waals surface area (Å²) in [6, 6.07) is 2.61. The zero-order valence-corrected chi connectivity index (χ0v) is 14.0. The second-order valence-corrected chi connectivity index (χ2v) is 6.18. The number of carbonyl (C=O) groups excluding carboxylic acids is 3. The third kappa shape index (κ3) is 6.21. The number of esters is 1. The van der Waals surface area contributed by atoms with Crippen molar-refractivity contribution in [3.63, 3.8) is 0 Å². The molecule has 0 fully saturated rings. The molecule has 0 atom stereocenters. The van der Waals surface area contributed by atoms with Gasteiger partial charge in [0.05, 0.1) is 4.92 Å². The molecule has 0 aliphatic heterocycles. The lowest BCUT2D eigenvalue weighted by Crippen LogP contribution is -2.49. The lowest BCUT2D eigenvalue weighted by molar-refractivity contribution is -0.385. The summed E-state index contributed by atoms with van der Waals surface area (Å²) < 4.78 is 4.67. The van der Waals surface area contributed by atoms with E-state index in [2.05, 4.69) is 10.1 Å². The summed E-state index contributed by atoms with van der Waals surface area (Å²) in [4.78, 5) is 45.0. The van der Waals surface area contributed by atoms with Crippen molar-refractivity contribution in [2.45, 2.75) is 26.3 Å². The predicted molar refractivity (Wildman–Crippen MR) is 84.8 cm³/mol. The molecular formula is C14H16ClN3O6. The van der Waals surface area contributed by atoms with Gasteiger partial charge in [-0.15, -0.1) is 0 Å². The number of nitro groups is 1. The Labute approximate surface area is 142 Å². The zero-order valence-electron chi connectivity index (χ0n) is 13.2. The summed E-state index contributed by atoms with van der Waals surface area (Å²) in [7, 11) is 0. The first kappa shape index (κ1) is 19.4. The average Bonchev–Trinajstić information content (AvgIpc) is 2.42. The molecule has 0 bridgehead atoms. The number of nitro benzene ring substituents is 1. The summed E-state index contributed by atoms with van der Waals surface area (Å²) >= 11 is 5.70. The van der Waals surface area contributed by atoms with E-state index >= 15 is 0 Å². The minimum Gasteiger partial charge on any atom is -0.452 e. The van der Waals surface area contributed by atoms with Crippen molar-refractivity contribution in [1.29, 1.82) is 0 Å². The molecule has 0 aliphatic rings. The molecule has 0 radical (unpaired) electrons. The van der Waals surface area contributed by atoms with Crippen LogP contribution in [0.2, 0.25) is 5.02 Å². The van der Waals surface area contributed by atoms with Crippen molar-refractivity contribution in [2.75, 3.05) is 6.61 Å². The van der Waals surface area contributed by atoms with Crippen LogP contribution in [-0.2, 0) is 9.53 Å². The maximum absolute atomic E-state index is 11.9. The largest absolute Gasteiger partial charge is 0.452 e. The zero-order chi connectivity index (χ0) is 18.5. The molecule has 0 saturated carbocycles. The number of benzene rings is 1. The molecule has 1 aromatic carbocycles. The first-order valence-corrected chi connectivity index (χ1v) is 7.10. The van der Waals surface area contributed by atoms with Crippen LogP contribution >= 0.6 is 11.6 Å². The highest BCUT2D eigenvalue weighted by Crippen LogP contribution is 2.23. The second kappa shape index (κ2) is 7.73. The molecule has 3 amide bonds. The smallest absolute Gasteiger partial charge is 0.345 e. The van der Waals surface area contributed by atoms with Crippen LogP contribution in [0.5, 0.6) is 0 Å². The van der Waals surface area contributed by atoms with E-state index in [1.54, 1.807) is 20.8 Å². The van der Waals surface area contributed by atoms with Crippen LogP contribution in [-0.4, -0.2) is 35.0 Å². The molecule has 10 heteroatoms. The highest BCUT2D eigenvalue weighted by molar-refractivity contribution is 6.31. The molecule has 2 N–H and O–H groups in total. The van der Waals surface area contributed by atoms with E-state index in [9.17, 15) is 24.5 Å². The van der Waals surface area contributed by atoms with E-state index in [0.717, 1.165) is 12.1 Å². The number of urea groups is 1. The number of hydrogen-bond acceptors (Lipinski definition) is 6. The summed E-state index contributed by atoms with van der Waals surface area (Å²) in [6.45, 7) is 4.38. The van der Waals surface area contributed by atoms with Gasteiger partial charge in [0.15, 0.2) is 6.61 Å². The Bertz CT molecular complexity index is 684. The molecule has 0 aromatic heterocycles. The maximum Gasteiger partial charge on any atom is 0.345 e.